The summed E-state index contributed by atoms with van der Waals surface area (Å²) in [6, 6.07) is 152. The van der Waals surface area contributed by atoms with E-state index in [4.69, 9.17) is 10.6 Å². The van der Waals surface area contributed by atoms with Crippen molar-refractivity contribution in [2.24, 2.45) is 0 Å². The first-order valence-corrected chi connectivity index (χ1v) is 42.8. The molecule has 0 fully saturated rings. The Hall–Kier alpha value is -14.5. The van der Waals surface area contributed by atoms with Crippen molar-refractivity contribution in [3.05, 3.63) is 436 Å². The molecule has 3 unspecified atom stereocenters. The molecule has 0 spiro atoms. The first kappa shape index (κ1) is 73.8. The number of H-pyrrole nitrogens is 1. The van der Waals surface area contributed by atoms with Gasteiger partial charge in [-0.25, -0.2) is 0 Å². The number of hydrogen-bond acceptors (Lipinski definition) is 0. The molecule has 18 aromatic carbocycles. The molecular formula is C112H86BN7P2. The lowest BCUT2D eigenvalue weighted by Crippen LogP contribution is -1.98. The van der Waals surface area contributed by atoms with Crippen LogP contribution in [-0.2, 0) is 0 Å². The Morgan fingerprint density at radius 1 is 0.238 bits per heavy atom. The van der Waals surface area contributed by atoms with Gasteiger partial charge in [0.2, 0.25) is 0 Å². The lowest BCUT2D eigenvalue weighted by molar-refractivity contribution is 1.13. The molecule has 2 radical (unpaired) electrons. The van der Waals surface area contributed by atoms with Crippen molar-refractivity contribution >= 4 is 179 Å². The number of nitrogens with one attached hydrogen (secondary N) is 1. The molecule has 7 nitrogen and oxygen atoms in total. The summed E-state index contributed by atoms with van der Waals surface area (Å²) in [5.41, 5.74) is 29.4. The van der Waals surface area contributed by atoms with Crippen LogP contribution in [0.15, 0.2) is 425 Å². The van der Waals surface area contributed by atoms with Crippen LogP contribution in [0.1, 0.15) is 13.9 Å². The molecule has 0 amide bonds. The van der Waals surface area contributed by atoms with E-state index in [0.717, 1.165) is 0 Å². The van der Waals surface area contributed by atoms with Crippen LogP contribution in [0.25, 0.3) is 198 Å². The quantitative estimate of drug-likeness (QED) is 0.122. The average molecular weight is 1610 g/mol. The topological polar surface area (TPSA) is 45.4 Å². The molecular weight excluding hydrogens is 1520 g/mol. The molecule has 7 heterocycles. The van der Waals surface area contributed by atoms with Gasteiger partial charge in [-0.15, -0.1) is 18.5 Å². The van der Waals surface area contributed by atoms with Crippen molar-refractivity contribution in [1.82, 2.24) is 32.4 Å². The predicted octanol–water partition coefficient (Wildman–Crippen LogP) is 29.7. The summed E-state index contributed by atoms with van der Waals surface area (Å²) in [6.45, 7) is 4.88. The van der Waals surface area contributed by atoms with E-state index >= 15 is 0 Å². The number of aryl methyl sites for hydroxylation is 2. The highest BCUT2D eigenvalue weighted by Crippen LogP contribution is 2.42. The van der Waals surface area contributed by atoms with Gasteiger partial charge in [0.05, 0.1) is 74.0 Å². The van der Waals surface area contributed by atoms with Crippen LogP contribution in [0.3, 0.4) is 0 Å². The normalized spacial score (nSPS) is 11.9. The summed E-state index contributed by atoms with van der Waals surface area (Å²) < 4.78 is 26.8. The number of rotatable bonds is 7. The Balaban J connectivity index is 0.000000106. The van der Waals surface area contributed by atoms with Gasteiger partial charge in [-0.05, 0) is 182 Å². The first-order chi connectivity index (χ1) is 61.1. The van der Waals surface area contributed by atoms with E-state index < -0.39 is 6.04 Å². The molecule has 25 aromatic rings. The summed E-state index contributed by atoms with van der Waals surface area (Å²) >= 11 is 0. The Bertz CT molecular complexity index is 7260. The fraction of sp³-hybridized carbons (Fsp3) is 0.0357. The molecule has 0 aliphatic heterocycles. The van der Waals surface area contributed by atoms with Crippen molar-refractivity contribution in [2.75, 3.05) is 12.7 Å². The minimum absolute atomic E-state index is 0.417. The molecule has 7 aromatic heterocycles. The van der Waals surface area contributed by atoms with Gasteiger partial charge in [0, 0.05) is 123 Å². The molecule has 582 valence electrons. The lowest BCUT2D eigenvalue weighted by atomic mass is 9.95. The predicted molar refractivity (Wildman–Crippen MR) is 532 cm³/mol. The molecule has 0 saturated heterocycles. The first-order valence-electron chi connectivity index (χ1n) is 42.6. The maximum atomic E-state index is 6.32. The molecule has 3 atom stereocenters. The van der Waals surface area contributed by atoms with Crippen LogP contribution in [0.4, 0.5) is 0 Å². The van der Waals surface area contributed by atoms with Crippen LogP contribution in [-0.4, -0.2) is 52.9 Å². The molecule has 0 aliphatic rings. The van der Waals surface area contributed by atoms with E-state index in [1.807, 2.05) is 0 Å². The molecule has 0 bridgehead atoms. The second kappa shape index (κ2) is 33.0. The van der Waals surface area contributed by atoms with Crippen LogP contribution < -0.4 is 0 Å². The largest absolute Gasteiger partial charge is 0.355 e. The maximum absolute atomic E-state index is 6.32. The van der Waals surface area contributed by atoms with E-state index in [0.29, 0.717) is 6.64 Å². The second-order valence-electron chi connectivity index (χ2n) is 30.7. The van der Waals surface area contributed by atoms with Gasteiger partial charge in [0.15, 0.2) is 0 Å². The average Bonchev–Trinajstić information content (AvgIpc) is 1.58. The summed E-state index contributed by atoms with van der Waals surface area (Å²) in [4.78, 5) is 3.38. The molecule has 122 heavy (non-hydrogen) atoms. The van der Waals surface area contributed by atoms with Gasteiger partial charge >= 0.3 is 0 Å². The maximum Gasteiger partial charge on any atom is 0.0709 e. The van der Waals surface area contributed by atoms with Crippen molar-refractivity contribution in [3.8, 4) is 45.3 Å². The molecule has 0 saturated carbocycles. The van der Waals surface area contributed by atoms with Gasteiger partial charge in [-0.2, -0.15) is 0 Å². The van der Waals surface area contributed by atoms with Crippen molar-refractivity contribution in [3.63, 3.8) is 0 Å². The number of hydrogen-bond donors (Lipinski definition) is 1. The third-order valence-corrected chi connectivity index (χ3v) is 23.8. The fourth-order valence-electron chi connectivity index (χ4n) is 18.7. The zero-order valence-corrected chi connectivity index (χ0v) is 69.9. The van der Waals surface area contributed by atoms with Gasteiger partial charge in [0.1, 0.15) is 0 Å². The van der Waals surface area contributed by atoms with Gasteiger partial charge in [-0.1, -0.05) is 292 Å². The Kier molecular flexibility index (Phi) is 20.0. The van der Waals surface area contributed by atoms with E-state index in [2.05, 4.69) is 489 Å². The van der Waals surface area contributed by atoms with E-state index in [9.17, 15) is 0 Å². The highest BCUT2D eigenvalue weighted by atomic mass is 31.0. The van der Waals surface area contributed by atoms with E-state index in [1.54, 1.807) is 0 Å². The van der Waals surface area contributed by atoms with Crippen LogP contribution in [0, 0.1) is 13.8 Å². The number of para-hydroxylation sites is 14. The highest BCUT2D eigenvalue weighted by Gasteiger charge is 2.21. The number of benzene rings is 18. The minimum Gasteiger partial charge on any atom is -0.355 e. The van der Waals surface area contributed by atoms with Gasteiger partial charge in [0.25, 0.3) is 0 Å². The second-order valence-corrected chi connectivity index (χ2v) is 31.0. The highest BCUT2D eigenvalue weighted by molar-refractivity contribution is 7.19. The van der Waals surface area contributed by atoms with E-state index in [1.165, 1.54) is 209 Å². The third kappa shape index (κ3) is 13.4. The number of aromatic amines is 1. The van der Waals surface area contributed by atoms with Crippen LogP contribution in [0.5, 0.6) is 0 Å². The summed E-state index contributed by atoms with van der Waals surface area (Å²) in [5.74, 6) is 0. The zero-order valence-electron chi connectivity index (χ0n) is 69.6. The molecule has 25 rings (SSSR count). The summed E-state index contributed by atoms with van der Waals surface area (Å²) in [7, 11) is 9.09. The van der Waals surface area contributed by atoms with Gasteiger partial charge < -0.3 is 32.4 Å². The van der Waals surface area contributed by atoms with E-state index in [-0.39, 0.29) is 0 Å². The Labute approximate surface area is 716 Å². The summed E-state index contributed by atoms with van der Waals surface area (Å²) in [6.07, 6.45) is 0. The molecule has 10 heteroatoms. The van der Waals surface area contributed by atoms with Gasteiger partial charge in [-0.3, -0.25) is 0 Å². The standard InChI is InChI=1S/C38H28N2.2C30H20N2.C12H9N.CH4BP.CH5P/c1-25-23-27(39-35-15-7-3-11-31(35)32-12-4-8-16-36(32)39)19-21-29(25)30-22-20-28(24-26(30)2)40-37-17-9-5-13-33(37)34-14-6-10-18-38(34)40;2*1-5-16-27-23(12-1)24-13-2-6-17-28(24)31(27)21-10-9-11-22(20-21)32-29-18-7-3-14-25(29)26-15-4-8-19-30(26)32;1-3-7-11-9(5-1)10-6-2-4-8-12(10)13-11;2-1-3;1-2/h3-24H,1-2H3;2*1-20H;1-8,13H;1,3H2;2H2,1H3/i;;;;1D;1T. The Morgan fingerprint density at radius 3 is 0.574 bits per heavy atom. The minimum atomic E-state index is -0.500. The number of aromatic nitrogens is 7. The smallest absolute Gasteiger partial charge is 0.0709 e. The number of nitrogens with zero attached hydrogens (tertiary/aromatic N) is 6. The monoisotopic (exact) mass is 1600 g/mol. The van der Waals surface area contributed by atoms with Crippen molar-refractivity contribution in [2.45, 2.75) is 13.8 Å². The fourth-order valence-corrected chi connectivity index (χ4v) is 18.7. The Morgan fingerprint density at radius 2 is 0.393 bits per heavy atom. The molecule has 0 aliphatic carbocycles. The third-order valence-electron chi connectivity index (χ3n) is 23.8. The molecule has 1 N–H and O–H groups in total. The van der Waals surface area contributed by atoms with Crippen LogP contribution >= 0.6 is 18.5 Å². The number of fused-ring (bicyclic) bond motifs is 21. The zero-order chi connectivity index (χ0) is 83.9. The van der Waals surface area contributed by atoms with Crippen LogP contribution in [0.2, 0.25) is 0 Å². The summed E-state index contributed by atoms with van der Waals surface area (Å²) in [5, 5.41) is 18.0. The lowest BCUT2D eigenvalue weighted by Gasteiger charge is -2.15. The van der Waals surface area contributed by atoms with Crippen molar-refractivity contribution in [1.29, 1.82) is 0 Å². The van der Waals surface area contributed by atoms with Crippen molar-refractivity contribution < 1.29 is 2.74 Å². The SMILES string of the molecule is Cc1cc(-n2c3ccccc3c3ccccc32)ccc1-c1ccc(-n2c3ccccc3c3ccccc32)cc1C.[2H]C([B])P.[3H]CP.c1cc(-n2c3ccccc3c3ccccc32)cc(-n2c3ccccc3c3ccccc32)c1.c1cc(-n2c3ccccc3c3ccccc32)cc(-n2c3ccccc3c3ccccc32)c1.c1ccc2c(c1)[nH]c1ccccc12.